The number of carbonyl (C=O) groups excluding carboxylic acids is 2. The van der Waals surface area contributed by atoms with E-state index in [1.54, 1.807) is 12.1 Å². The van der Waals surface area contributed by atoms with Crippen LogP contribution in [0.15, 0.2) is 53.9 Å². The number of para-hydroxylation sites is 2. The molecule has 0 aliphatic carbocycles. The summed E-state index contributed by atoms with van der Waals surface area (Å²) in [6.45, 7) is 0. The van der Waals surface area contributed by atoms with E-state index in [1.807, 2.05) is 24.3 Å². The molecular formula is C15H14BrN5O2S. The largest absolute Gasteiger partial charge is 0.333 e. The molecule has 7 nitrogen and oxygen atoms in total. The summed E-state index contributed by atoms with van der Waals surface area (Å²) in [7, 11) is 0. The van der Waals surface area contributed by atoms with Gasteiger partial charge in [-0.25, -0.2) is 4.98 Å². The number of nitrogens with one attached hydrogen (secondary N) is 3. The number of hydrogen-bond acceptors (Lipinski definition) is 5. The number of carbonyl (C=O) groups is 2. The van der Waals surface area contributed by atoms with Gasteiger partial charge in [-0.3, -0.25) is 25.4 Å². The third-order valence-corrected chi connectivity index (χ3v) is 3.84. The van der Waals surface area contributed by atoms with E-state index in [2.05, 4.69) is 25.8 Å². The molecule has 0 aliphatic heterocycles. The molecule has 0 spiro atoms. The van der Waals surface area contributed by atoms with Gasteiger partial charge in [-0.15, -0.1) is 17.0 Å². The number of aromatic amines is 1. The van der Waals surface area contributed by atoms with Gasteiger partial charge in [0.1, 0.15) is 0 Å². The zero-order chi connectivity index (χ0) is 16.1. The number of fused-ring (bicyclic) bond motifs is 1. The van der Waals surface area contributed by atoms with Crippen molar-refractivity contribution in [3.05, 3.63) is 54.4 Å². The SMILES string of the molecule is Br.O=C(CSc1nc2ccccc2[nH]1)NNC(=O)c1ccncc1. The molecule has 3 N–H and O–H groups in total. The first-order valence-electron chi connectivity index (χ1n) is 6.79. The standard InChI is InChI=1S/C15H13N5O2S.BrH/c21-13(19-20-14(22)10-5-7-16-8-6-10)9-23-15-17-11-3-1-2-4-12(11)18-15;/h1-8H,9H2,(H,17,18)(H,19,21)(H,20,22);1H. The van der Waals surface area contributed by atoms with Crippen molar-refractivity contribution in [3.63, 3.8) is 0 Å². The van der Waals surface area contributed by atoms with Crippen LogP contribution in [0.25, 0.3) is 11.0 Å². The van der Waals surface area contributed by atoms with Crippen LogP contribution in [0, 0.1) is 0 Å². The van der Waals surface area contributed by atoms with Gasteiger partial charge < -0.3 is 4.98 Å². The van der Waals surface area contributed by atoms with Crippen molar-refractivity contribution in [2.45, 2.75) is 5.16 Å². The molecule has 0 saturated heterocycles. The van der Waals surface area contributed by atoms with E-state index in [-0.39, 0.29) is 28.6 Å². The average molecular weight is 408 g/mol. The Kier molecular flexibility index (Phi) is 6.33. The minimum absolute atomic E-state index is 0. The predicted octanol–water partition coefficient (Wildman–Crippen LogP) is 2.09. The number of hydrazine groups is 1. The molecule has 2 amide bonds. The van der Waals surface area contributed by atoms with Crippen LogP contribution < -0.4 is 10.9 Å². The van der Waals surface area contributed by atoms with Crippen LogP contribution in [0.1, 0.15) is 10.4 Å². The van der Waals surface area contributed by atoms with Crippen molar-refractivity contribution in [2.24, 2.45) is 0 Å². The molecule has 2 heterocycles. The highest BCUT2D eigenvalue weighted by Gasteiger charge is 2.09. The predicted molar refractivity (Wildman–Crippen MR) is 97.0 cm³/mol. The van der Waals surface area contributed by atoms with Gasteiger partial charge in [-0.05, 0) is 24.3 Å². The molecule has 0 saturated carbocycles. The maximum Gasteiger partial charge on any atom is 0.269 e. The Morgan fingerprint density at radius 1 is 1.08 bits per heavy atom. The number of halogens is 1. The van der Waals surface area contributed by atoms with Gasteiger partial charge in [-0.1, -0.05) is 23.9 Å². The minimum atomic E-state index is -0.394. The summed E-state index contributed by atoms with van der Waals surface area (Å²) in [5.74, 6) is -0.580. The fourth-order valence-electron chi connectivity index (χ4n) is 1.87. The monoisotopic (exact) mass is 407 g/mol. The smallest absolute Gasteiger partial charge is 0.269 e. The molecule has 3 aromatic rings. The minimum Gasteiger partial charge on any atom is -0.333 e. The number of hydrogen-bond donors (Lipinski definition) is 3. The molecular weight excluding hydrogens is 394 g/mol. The maximum absolute atomic E-state index is 11.8. The Balaban J connectivity index is 0.00000208. The topological polar surface area (TPSA) is 99.8 Å². The van der Waals surface area contributed by atoms with Crippen molar-refractivity contribution in [2.75, 3.05) is 5.75 Å². The molecule has 0 bridgehead atoms. The summed E-state index contributed by atoms with van der Waals surface area (Å²) in [4.78, 5) is 34.8. The van der Waals surface area contributed by atoms with E-state index in [0.717, 1.165) is 11.0 Å². The zero-order valence-electron chi connectivity index (χ0n) is 12.4. The summed E-state index contributed by atoms with van der Waals surface area (Å²) >= 11 is 1.26. The summed E-state index contributed by atoms with van der Waals surface area (Å²) < 4.78 is 0. The van der Waals surface area contributed by atoms with E-state index < -0.39 is 5.91 Å². The van der Waals surface area contributed by atoms with Crippen LogP contribution in [-0.4, -0.2) is 32.5 Å². The van der Waals surface area contributed by atoms with Crippen LogP contribution in [0.4, 0.5) is 0 Å². The quantitative estimate of drug-likeness (QED) is 0.454. The summed E-state index contributed by atoms with van der Waals surface area (Å²) in [5, 5.41) is 0.654. The number of amides is 2. The third-order valence-electron chi connectivity index (χ3n) is 2.97. The highest BCUT2D eigenvalue weighted by Crippen LogP contribution is 2.18. The molecule has 124 valence electrons. The lowest BCUT2D eigenvalue weighted by molar-refractivity contribution is -0.119. The number of thioether (sulfide) groups is 1. The lowest BCUT2D eigenvalue weighted by Crippen LogP contribution is -2.42. The van der Waals surface area contributed by atoms with Gasteiger partial charge in [-0.2, -0.15) is 0 Å². The Morgan fingerprint density at radius 3 is 2.58 bits per heavy atom. The molecule has 1 aromatic carbocycles. The maximum atomic E-state index is 11.8. The second-order valence-electron chi connectivity index (χ2n) is 4.59. The zero-order valence-corrected chi connectivity index (χ0v) is 14.9. The number of benzene rings is 1. The Morgan fingerprint density at radius 2 is 1.83 bits per heavy atom. The lowest BCUT2D eigenvalue weighted by atomic mass is 10.3. The lowest BCUT2D eigenvalue weighted by Gasteiger charge is -2.06. The molecule has 24 heavy (non-hydrogen) atoms. The van der Waals surface area contributed by atoms with Crippen LogP contribution in [0.3, 0.4) is 0 Å². The first-order valence-corrected chi connectivity index (χ1v) is 7.78. The van der Waals surface area contributed by atoms with E-state index in [4.69, 9.17) is 0 Å². The fourth-order valence-corrected chi connectivity index (χ4v) is 2.55. The number of H-pyrrole nitrogens is 1. The second kappa shape index (κ2) is 8.46. The molecule has 0 unspecified atom stereocenters. The first-order chi connectivity index (χ1) is 11.2. The van der Waals surface area contributed by atoms with Crippen LogP contribution in [0.2, 0.25) is 0 Å². The molecule has 2 aromatic heterocycles. The highest BCUT2D eigenvalue weighted by atomic mass is 79.9. The Labute approximate surface area is 152 Å². The van der Waals surface area contributed by atoms with Crippen molar-refractivity contribution in [1.29, 1.82) is 0 Å². The molecule has 9 heteroatoms. The second-order valence-corrected chi connectivity index (χ2v) is 5.55. The van der Waals surface area contributed by atoms with E-state index in [1.165, 1.54) is 24.2 Å². The van der Waals surface area contributed by atoms with Crippen molar-refractivity contribution in [3.8, 4) is 0 Å². The van der Waals surface area contributed by atoms with Crippen LogP contribution in [0.5, 0.6) is 0 Å². The number of aromatic nitrogens is 3. The number of pyridine rings is 1. The van der Waals surface area contributed by atoms with Gasteiger partial charge in [0, 0.05) is 18.0 Å². The van der Waals surface area contributed by atoms with E-state index >= 15 is 0 Å². The van der Waals surface area contributed by atoms with Crippen molar-refractivity contribution in [1.82, 2.24) is 25.8 Å². The number of rotatable bonds is 4. The number of imidazole rings is 1. The van der Waals surface area contributed by atoms with Crippen LogP contribution in [-0.2, 0) is 4.79 Å². The molecule has 0 aliphatic rings. The highest BCUT2D eigenvalue weighted by molar-refractivity contribution is 8.93. The Bertz CT molecular complexity index is 807. The molecule has 0 atom stereocenters. The van der Waals surface area contributed by atoms with Gasteiger partial charge in [0.15, 0.2) is 5.16 Å². The Hall–Kier alpha value is -2.39. The van der Waals surface area contributed by atoms with Gasteiger partial charge in [0.2, 0.25) is 5.91 Å². The van der Waals surface area contributed by atoms with Gasteiger partial charge in [0.25, 0.3) is 5.91 Å². The van der Waals surface area contributed by atoms with E-state index in [0.29, 0.717) is 10.7 Å². The summed E-state index contributed by atoms with van der Waals surface area (Å²) in [6, 6.07) is 10.7. The molecule has 0 radical (unpaired) electrons. The molecule has 0 fully saturated rings. The molecule has 3 rings (SSSR count). The fraction of sp³-hybridized carbons (Fsp3) is 0.0667. The summed E-state index contributed by atoms with van der Waals surface area (Å²) in [5.41, 5.74) is 6.90. The van der Waals surface area contributed by atoms with Crippen molar-refractivity contribution >= 4 is 51.6 Å². The normalized spacial score (nSPS) is 10.0. The van der Waals surface area contributed by atoms with Crippen LogP contribution >= 0.6 is 28.7 Å². The third kappa shape index (κ3) is 4.56. The number of nitrogens with zero attached hydrogens (tertiary/aromatic N) is 2. The van der Waals surface area contributed by atoms with Gasteiger partial charge >= 0.3 is 0 Å². The van der Waals surface area contributed by atoms with E-state index in [9.17, 15) is 9.59 Å². The average Bonchev–Trinajstić information content (AvgIpc) is 3.01. The first kappa shape index (κ1) is 18.0. The van der Waals surface area contributed by atoms with Gasteiger partial charge in [0.05, 0.1) is 16.8 Å². The summed E-state index contributed by atoms with van der Waals surface area (Å²) in [6.07, 6.45) is 3.02. The van der Waals surface area contributed by atoms with Crippen molar-refractivity contribution < 1.29 is 9.59 Å².